The summed E-state index contributed by atoms with van der Waals surface area (Å²) in [6, 6.07) is 8.75. The molecular formula is C18H26N4. The first kappa shape index (κ1) is 15.1. The van der Waals surface area contributed by atoms with E-state index in [9.17, 15) is 0 Å². The van der Waals surface area contributed by atoms with E-state index in [1.165, 1.54) is 22.5 Å². The van der Waals surface area contributed by atoms with Crippen LogP contribution >= 0.6 is 0 Å². The molecule has 2 aromatic rings. The first-order valence-electron chi connectivity index (χ1n) is 8.15. The van der Waals surface area contributed by atoms with Crippen molar-refractivity contribution < 1.29 is 0 Å². The third kappa shape index (κ3) is 3.17. The van der Waals surface area contributed by atoms with Gasteiger partial charge in [-0.3, -0.25) is 9.58 Å². The second kappa shape index (κ2) is 6.53. The van der Waals surface area contributed by atoms with Crippen LogP contribution in [-0.2, 0) is 13.5 Å². The van der Waals surface area contributed by atoms with Crippen molar-refractivity contribution in [3.05, 3.63) is 47.3 Å². The van der Waals surface area contributed by atoms with Gasteiger partial charge in [0.2, 0.25) is 0 Å². The quantitative estimate of drug-likeness (QED) is 0.866. The zero-order valence-electron chi connectivity index (χ0n) is 13.9. The molecule has 1 saturated heterocycles. The molecule has 0 aliphatic carbocycles. The highest BCUT2D eigenvalue weighted by Gasteiger charge is 2.18. The van der Waals surface area contributed by atoms with E-state index in [4.69, 9.17) is 0 Å². The summed E-state index contributed by atoms with van der Waals surface area (Å²) in [7, 11) is 2.02. The summed E-state index contributed by atoms with van der Waals surface area (Å²) >= 11 is 0. The van der Waals surface area contributed by atoms with Gasteiger partial charge in [-0.1, -0.05) is 12.1 Å². The summed E-state index contributed by atoms with van der Waals surface area (Å²) in [5, 5.41) is 4.24. The van der Waals surface area contributed by atoms with Crippen molar-refractivity contribution in [3.8, 4) is 0 Å². The molecule has 0 spiro atoms. The lowest BCUT2D eigenvalue weighted by molar-refractivity contribution is 0.259. The Morgan fingerprint density at radius 1 is 1.05 bits per heavy atom. The Morgan fingerprint density at radius 3 is 2.50 bits per heavy atom. The average molecular weight is 298 g/mol. The van der Waals surface area contributed by atoms with Gasteiger partial charge in [-0.15, -0.1) is 0 Å². The first-order chi connectivity index (χ1) is 10.6. The topological polar surface area (TPSA) is 24.3 Å². The van der Waals surface area contributed by atoms with Crippen LogP contribution in [0.5, 0.6) is 0 Å². The maximum absolute atomic E-state index is 4.24. The molecule has 0 N–H and O–H groups in total. The SMILES string of the molecule is Cc1cccc(N2CCN(CCc3ccnn3C)CC2)c1C. The zero-order chi connectivity index (χ0) is 15.5. The van der Waals surface area contributed by atoms with E-state index in [-0.39, 0.29) is 0 Å². The van der Waals surface area contributed by atoms with Crippen LogP contribution in [0.1, 0.15) is 16.8 Å². The predicted molar refractivity (Wildman–Crippen MR) is 91.5 cm³/mol. The van der Waals surface area contributed by atoms with Crippen molar-refractivity contribution in [3.63, 3.8) is 0 Å². The van der Waals surface area contributed by atoms with Gasteiger partial charge in [0.1, 0.15) is 0 Å². The van der Waals surface area contributed by atoms with E-state index >= 15 is 0 Å². The van der Waals surface area contributed by atoms with Crippen LogP contribution in [0, 0.1) is 13.8 Å². The van der Waals surface area contributed by atoms with Gasteiger partial charge in [-0.05, 0) is 37.1 Å². The van der Waals surface area contributed by atoms with Crippen LogP contribution in [0.25, 0.3) is 0 Å². The second-order valence-corrected chi connectivity index (χ2v) is 6.24. The minimum Gasteiger partial charge on any atom is -0.369 e. The maximum Gasteiger partial charge on any atom is 0.0492 e. The van der Waals surface area contributed by atoms with Crippen LogP contribution in [0.2, 0.25) is 0 Å². The van der Waals surface area contributed by atoms with Gasteiger partial charge in [-0.2, -0.15) is 5.10 Å². The van der Waals surface area contributed by atoms with E-state index in [2.05, 4.69) is 53.0 Å². The van der Waals surface area contributed by atoms with Gasteiger partial charge in [-0.25, -0.2) is 0 Å². The zero-order valence-corrected chi connectivity index (χ0v) is 13.9. The first-order valence-corrected chi connectivity index (χ1v) is 8.15. The normalized spacial score (nSPS) is 16.2. The Labute approximate surface area is 133 Å². The number of aromatic nitrogens is 2. The highest BCUT2D eigenvalue weighted by molar-refractivity contribution is 5.56. The van der Waals surface area contributed by atoms with Crippen LogP contribution < -0.4 is 4.90 Å². The third-order valence-electron chi connectivity index (χ3n) is 4.90. The second-order valence-electron chi connectivity index (χ2n) is 6.24. The highest BCUT2D eigenvalue weighted by atomic mass is 15.3. The molecule has 118 valence electrons. The molecule has 0 atom stereocenters. The van der Waals surface area contributed by atoms with Crippen molar-refractivity contribution in [2.45, 2.75) is 20.3 Å². The van der Waals surface area contributed by atoms with E-state index in [1.54, 1.807) is 0 Å². The van der Waals surface area contributed by atoms with Gasteiger partial charge in [0, 0.05) is 63.8 Å². The predicted octanol–water partition coefficient (Wildman–Crippen LogP) is 2.40. The fourth-order valence-electron chi connectivity index (χ4n) is 3.21. The average Bonchev–Trinajstić information content (AvgIpc) is 2.94. The van der Waals surface area contributed by atoms with Crippen molar-refractivity contribution >= 4 is 5.69 Å². The lowest BCUT2D eigenvalue weighted by Gasteiger charge is -2.37. The molecule has 1 aromatic carbocycles. The molecule has 0 bridgehead atoms. The third-order valence-corrected chi connectivity index (χ3v) is 4.90. The number of aryl methyl sites for hydroxylation is 2. The molecule has 1 aliphatic heterocycles. The highest BCUT2D eigenvalue weighted by Crippen LogP contribution is 2.23. The smallest absolute Gasteiger partial charge is 0.0492 e. The van der Waals surface area contributed by atoms with E-state index in [0.717, 1.165) is 39.1 Å². The molecule has 3 rings (SSSR count). The molecular weight excluding hydrogens is 272 g/mol. The lowest BCUT2D eigenvalue weighted by Crippen LogP contribution is -2.47. The summed E-state index contributed by atoms with van der Waals surface area (Å²) in [4.78, 5) is 5.09. The van der Waals surface area contributed by atoms with Crippen LogP contribution in [0.15, 0.2) is 30.5 Å². The lowest BCUT2D eigenvalue weighted by atomic mass is 10.1. The Kier molecular flexibility index (Phi) is 4.48. The Balaban J connectivity index is 1.54. The van der Waals surface area contributed by atoms with E-state index in [1.807, 2.05) is 17.9 Å². The summed E-state index contributed by atoms with van der Waals surface area (Å²) in [5.74, 6) is 0. The van der Waals surface area contributed by atoms with Gasteiger partial charge < -0.3 is 4.90 Å². The van der Waals surface area contributed by atoms with Crippen LogP contribution in [0.4, 0.5) is 5.69 Å². The molecule has 1 fully saturated rings. The molecule has 0 unspecified atom stereocenters. The number of hydrogen-bond acceptors (Lipinski definition) is 3. The van der Waals surface area contributed by atoms with Crippen LogP contribution in [-0.4, -0.2) is 47.4 Å². The maximum atomic E-state index is 4.24. The minimum atomic E-state index is 1.08. The molecule has 1 aliphatic rings. The number of anilines is 1. The Morgan fingerprint density at radius 2 is 1.82 bits per heavy atom. The molecule has 0 saturated carbocycles. The van der Waals surface area contributed by atoms with Crippen molar-refractivity contribution in [2.24, 2.45) is 7.05 Å². The van der Waals surface area contributed by atoms with Gasteiger partial charge in [0.05, 0.1) is 0 Å². The summed E-state index contributed by atoms with van der Waals surface area (Å²) in [6.45, 7) is 10.1. The molecule has 22 heavy (non-hydrogen) atoms. The van der Waals surface area contributed by atoms with Gasteiger partial charge >= 0.3 is 0 Å². The Bertz CT molecular complexity index is 624. The van der Waals surface area contributed by atoms with Crippen molar-refractivity contribution in [2.75, 3.05) is 37.6 Å². The van der Waals surface area contributed by atoms with Gasteiger partial charge in [0.25, 0.3) is 0 Å². The van der Waals surface area contributed by atoms with Crippen molar-refractivity contribution in [1.29, 1.82) is 0 Å². The molecule has 2 heterocycles. The Hall–Kier alpha value is -1.81. The summed E-state index contributed by atoms with van der Waals surface area (Å²) in [5.41, 5.74) is 5.53. The molecule has 4 nitrogen and oxygen atoms in total. The fourth-order valence-corrected chi connectivity index (χ4v) is 3.21. The summed E-state index contributed by atoms with van der Waals surface area (Å²) < 4.78 is 1.98. The van der Waals surface area contributed by atoms with E-state index < -0.39 is 0 Å². The van der Waals surface area contributed by atoms with Crippen LogP contribution in [0.3, 0.4) is 0 Å². The minimum absolute atomic E-state index is 1.08. The monoisotopic (exact) mass is 298 g/mol. The number of nitrogens with zero attached hydrogens (tertiary/aromatic N) is 4. The standard InChI is InChI=1S/C18H26N4/c1-15-5-4-6-18(16(15)2)22-13-11-21(12-14-22)10-8-17-7-9-19-20(17)3/h4-7,9H,8,10-14H2,1-3H3. The van der Waals surface area contributed by atoms with E-state index in [0.29, 0.717) is 0 Å². The number of rotatable bonds is 4. The van der Waals surface area contributed by atoms with Gasteiger partial charge in [0.15, 0.2) is 0 Å². The molecule has 1 aromatic heterocycles. The molecule has 0 amide bonds. The molecule has 4 heteroatoms. The fraction of sp³-hybridized carbons (Fsp3) is 0.500. The number of hydrogen-bond donors (Lipinski definition) is 0. The molecule has 0 radical (unpaired) electrons. The summed E-state index contributed by atoms with van der Waals surface area (Å²) in [6.07, 6.45) is 2.97. The van der Waals surface area contributed by atoms with Crippen molar-refractivity contribution in [1.82, 2.24) is 14.7 Å². The number of piperazine rings is 1. The number of benzene rings is 1. The largest absolute Gasteiger partial charge is 0.369 e.